The maximum Gasteiger partial charge on any atom is 0.293 e. The van der Waals surface area contributed by atoms with Crippen LogP contribution >= 0.6 is 0 Å². The molecule has 2 N–H and O–H groups in total. The van der Waals surface area contributed by atoms with Crippen LogP contribution in [0.25, 0.3) is 0 Å². The van der Waals surface area contributed by atoms with E-state index < -0.39 is 0 Å². The Labute approximate surface area is 117 Å². The summed E-state index contributed by atoms with van der Waals surface area (Å²) < 4.78 is 5.13. The molecule has 3 nitrogen and oxygen atoms in total. The van der Waals surface area contributed by atoms with Crippen LogP contribution in [-0.2, 0) is 9.53 Å². The molecule has 2 rings (SSSR count). The fourth-order valence-corrected chi connectivity index (χ4v) is 4.14. The van der Waals surface area contributed by atoms with Gasteiger partial charge >= 0.3 is 0 Å². The molecule has 0 radical (unpaired) electrons. The Kier molecular flexibility index (Phi) is 5.26. The van der Waals surface area contributed by atoms with E-state index in [0.717, 1.165) is 24.7 Å². The van der Waals surface area contributed by atoms with Gasteiger partial charge in [0.1, 0.15) is 6.10 Å². The van der Waals surface area contributed by atoms with Gasteiger partial charge in [-0.05, 0) is 68.6 Å². The molecule has 0 amide bonds. The van der Waals surface area contributed by atoms with Crippen molar-refractivity contribution in [2.24, 2.45) is 29.4 Å². The van der Waals surface area contributed by atoms with Crippen LogP contribution in [0.15, 0.2) is 0 Å². The van der Waals surface area contributed by atoms with E-state index in [0.29, 0.717) is 24.3 Å². The Morgan fingerprint density at radius 1 is 1.11 bits per heavy atom. The molecule has 0 aromatic heterocycles. The van der Waals surface area contributed by atoms with Gasteiger partial charge in [0.25, 0.3) is 6.47 Å². The van der Waals surface area contributed by atoms with E-state index in [1.165, 1.54) is 32.1 Å². The molecule has 0 spiro atoms. The van der Waals surface area contributed by atoms with Crippen molar-refractivity contribution < 1.29 is 9.53 Å². The van der Waals surface area contributed by atoms with Crippen molar-refractivity contribution in [1.29, 1.82) is 0 Å². The van der Waals surface area contributed by atoms with Gasteiger partial charge in [-0.15, -0.1) is 0 Å². The molecule has 6 unspecified atom stereocenters. The predicted molar refractivity (Wildman–Crippen MR) is 76.5 cm³/mol. The Morgan fingerprint density at radius 3 is 2.53 bits per heavy atom. The highest BCUT2D eigenvalue weighted by Crippen LogP contribution is 2.39. The van der Waals surface area contributed by atoms with Crippen molar-refractivity contribution in [3.8, 4) is 0 Å². The van der Waals surface area contributed by atoms with Crippen LogP contribution in [0, 0.1) is 23.7 Å². The number of rotatable bonds is 4. The zero-order valence-corrected chi connectivity index (χ0v) is 12.4. The topological polar surface area (TPSA) is 52.3 Å². The highest BCUT2D eigenvalue weighted by Gasteiger charge is 2.32. The molecule has 0 saturated heterocycles. The molecule has 0 aromatic rings. The van der Waals surface area contributed by atoms with Crippen LogP contribution < -0.4 is 5.73 Å². The van der Waals surface area contributed by atoms with E-state index in [1.54, 1.807) is 0 Å². The minimum absolute atomic E-state index is 0.169. The van der Waals surface area contributed by atoms with Gasteiger partial charge in [-0.25, -0.2) is 0 Å². The van der Waals surface area contributed by atoms with Gasteiger partial charge in [0, 0.05) is 6.04 Å². The van der Waals surface area contributed by atoms with E-state index >= 15 is 0 Å². The Hall–Kier alpha value is -0.570. The second kappa shape index (κ2) is 6.74. The van der Waals surface area contributed by atoms with Gasteiger partial charge in [0.15, 0.2) is 0 Å². The predicted octanol–water partition coefficient (Wildman–Crippen LogP) is 3.12. The first kappa shape index (κ1) is 14.8. The maximum absolute atomic E-state index is 10.4. The third-order valence-corrected chi connectivity index (χ3v) is 5.53. The zero-order chi connectivity index (χ0) is 13.8. The molecule has 0 aliphatic heterocycles. The monoisotopic (exact) mass is 267 g/mol. The van der Waals surface area contributed by atoms with Crippen molar-refractivity contribution in [2.45, 2.75) is 70.9 Å². The number of ether oxygens (including phenoxy) is 1. The fourth-order valence-electron chi connectivity index (χ4n) is 4.14. The number of nitrogens with two attached hydrogens (primary N) is 1. The lowest BCUT2D eigenvalue weighted by Crippen LogP contribution is -2.36. The summed E-state index contributed by atoms with van der Waals surface area (Å²) >= 11 is 0. The summed E-state index contributed by atoms with van der Waals surface area (Å²) in [7, 11) is 0. The molecular weight excluding hydrogens is 238 g/mol. The summed E-state index contributed by atoms with van der Waals surface area (Å²) in [5.41, 5.74) is 6.10. The zero-order valence-electron chi connectivity index (χ0n) is 12.4. The highest BCUT2D eigenvalue weighted by molar-refractivity contribution is 5.37. The van der Waals surface area contributed by atoms with Gasteiger partial charge in [0.05, 0.1) is 0 Å². The third-order valence-electron chi connectivity index (χ3n) is 5.53. The lowest BCUT2D eigenvalue weighted by molar-refractivity contribution is -0.136. The molecule has 3 heteroatoms. The molecular formula is C16H29NO2. The van der Waals surface area contributed by atoms with E-state index in [1.807, 2.05) is 0 Å². The molecule has 2 aliphatic carbocycles. The normalized spacial score (nSPS) is 43.7. The molecule has 2 saturated carbocycles. The Bertz CT molecular complexity index is 294. The van der Waals surface area contributed by atoms with Crippen molar-refractivity contribution in [1.82, 2.24) is 0 Å². The minimum Gasteiger partial charge on any atom is -0.465 e. The highest BCUT2D eigenvalue weighted by atomic mass is 16.5. The van der Waals surface area contributed by atoms with Crippen LogP contribution in [0.3, 0.4) is 0 Å². The van der Waals surface area contributed by atoms with Gasteiger partial charge in [-0.1, -0.05) is 13.8 Å². The van der Waals surface area contributed by atoms with Crippen LogP contribution in [0.4, 0.5) is 0 Å². The average molecular weight is 267 g/mol. The van der Waals surface area contributed by atoms with E-state index in [9.17, 15) is 4.79 Å². The first-order chi connectivity index (χ1) is 9.10. The van der Waals surface area contributed by atoms with Crippen molar-refractivity contribution in [2.75, 3.05) is 0 Å². The Balaban J connectivity index is 1.78. The molecule has 110 valence electrons. The molecule has 0 aromatic carbocycles. The lowest BCUT2D eigenvalue weighted by atomic mass is 9.70. The average Bonchev–Trinajstić information content (AvgIpc) is 2.37. The second-order valence-electron chi connectivity index (χ2n) is 6.96. The van der Waals surface area contributed by atoms with Gasteiger partial charge in [-0.2, -0.15) is 0 Å². The largest absolute Gasteiger partial charge is 0.465 e. The summed E-state index contributed by atoms with van der Waals surface area (Å²) in [6.07, 6.45) is 8.65. The summed E-state index contributed by atoms with van der Waals surface area (Å²) in [6.45, 7) is 5.24. The first-order valence-electron chi connectivity index (χ1n) is 7.94. The second-order valence-corrected chi connectivity index (χ2v) is 6.96. The SMILES string of the molecule is CC1CC(CC2CCC(OC=O)CC2C)CCC1N. The minimum atomic E-state index is 0.169. The summed E-state index contributed by atoms with van der Waals surface area (Å²) in [5.74, 6) is 3.05. The fraction of sp³-hybridized carbons (Fsp3) is 0.938. The van der Waals surface area contributed by atoms with Crippen molar-refractivity contribution >= 4 is 6.47 Å². The van der Waals surface area contributed by atoms with Crippen LogP contribution in [0.1, 0.15) is 58.8 Å². The summed E-state index contributed by atoms with van der Waals surface area (Å²) in [4.78, 5) is 10.4. The van der Waals surface area contributed by atoms with Crippen molar-refractivity contribution in [3.63, 3.8) is 0 Å². The maximum atomic E-state index is 10.4. The van der Waals surface area contributed by atoms with Crippen LogP contribution in [0.2, 0.25) is 0 Å². The van der Waals surface area contributed by atoms with E-state index in [4.69, 9.17) is 10.5 Å². The van der Waals surface area contributed by atoms with Gasteiger partial charge < -0.3 is 10.5 Å². The Morgan fingerprint density at radius 2 is 1.89 bits per heavy atom. The van der Waals surface area contributed by atoms with Gasteiger partial charge in [-0.3, -0.25) is 4.79 Å². The van der Waals surface area contributed by atoms with E-state index in [2.05, 4.69) is 13.8 Å². The third kappa shape index (κ3) is 3.95. The lowest BCUT2D eigenvalue weighted by Gasteiger charge is -2.38. The quantitative estimate of drug-likeness (QED) is 0.796. The standard InChI is InChI=1S/C16H29NO2/c1-11-8-15(19-10-18)5-4-14(11)9-13-3-6-16(17)12(2)7-13/h10-16H,3-9,17H2,1-2H3. The molecule has 0 bridgehead atoms. The van der Waals surface area contributed by atoms with Crippen molar-refractivity contribution in [3.05, 3.63) is 0 Å². The van der Waals surface area contributed by atoms with Crippen LogP contribution in [0.5, 0.6) is 0 Å². The summed E-state index contributed by atoms with van der Waals surface area (Å²) in [6, 6.07) is 0.422. The smallest absolute Gasteiger partial charge is 0.293 e. The molecule has 2 aliphatic rings. The number of carbonyl (C=O) groups excluding carboxylic acids is 1. The van der Waals surface area contributed by atoms with Crippen LogP contribution in [-0.4, -0.2) is 18.6 Å². The van der Waals surface area contributed by atoms with Gasteiger partial charge in [0.2, 0.25) is 0 Å². The molecule has 2 fully saturated rings. The number of hydrogen-bond donors (Lipinski definition) is 1. The molecule has 6 atom stereocenters. The number of hydrogen-bond acceptors (Lipinski definition) is 3. The number of carbonyl (C=O) groups is 1. The first-order valence-corrected chi connectivity index (χ1v) is 7.94. The molecule has 19 heavy (non-hydrogen) atoms. The summed E-state index contributed by atoms with van der Waals surface area (Å²) in [5, 5.41) is 0. The molecule has 0 heterocycles. The van der Waals surface area contributed by atoms with E-state index in [-0.39, 0.29) is 6.10 Å².